The van der Waals surface area contributed by atoms with Gasteiger partial charge in [0.25, 0.3) is 5.88 Å². The van der Waals surface area contributed by atoms with Gasteiger partial charge in [0, 0.05) is 13.1 Å². The first-order valence-electron chi connectivity index (χ1n) is 7.49. The Morgan fingerprint density at radius 3 is 2.50 bits per heavy atom. The highest BCUT2D eigenvalue weighted by molar-refractivity contribution is 6.30. The Labute approximate surface area is 153 Å². The average molecular weight is 376 g/mol. The van der Waals surface area contributed by atoms with Gasteiger partial charge < -0.3 is 9.47 Å². The topological polar surface area (TPSA) is 48.4 Å². The van der Waals surface area contributed by atoms with E-state index in [9.17, 15) is 13.6 Å². The SMILES string of the molecule is CC(=O)Oc1cccc(-c2ccc(Oc3ncc(Cl)cc3F)c(F)c2)c1. The fourth-order valence-electron chi connectivity index (χ4n) is 2.25. The van der Waals surface area contributed by atoms with Gasteiger partial charge in [-0.2, -0.15) is 0 Å². The number of carbonyl (C=O) groups is 1. The number of ether oxygens (including phenoxy) is 2. The highest BCUT2D eigenvalue weighted by atomic mass is 35.5. The van der Waals surface area contributed by atoms with Crippen molar-refractivity contribution in [3.63, 3.8) is 0 Å². The van der Waals surface area contributed by atoms with Crippen LogP contribution in [0.2, 0.25) is 5.02 Å². The van der Waals surface area contributed by atoms with Crippen LogP contribution in [0.1, 0.15) is 6.92 Å². The first kappa shape index (κ1) is 17.8. The third-order valence-electron chi connectivity index (χ3n) is 3.34. The molecule has 0 bridgehead atoms. The van der Waals surface area contributed by atoms with Crippen molar-refractivity contribution in [1.29, 1.82) is 0 Å². The summed E-state index contributed by atoms with van der Waals surface area (Å²) in [5, 5.41) is 0.110. The summed E-state index contributed by atoms with van der Waals surface area (Å²) in [6.45, 7) is 1.29. The quantitative estimate of drug-likeness (QED) is 0.452. The van der Waals surface area contributed by atoms with Gasteiger partial charge in [-0.1, -0.05) is 29.8 Å². The van der Waals surface area contributed by atoms with Gasteiger partial charge in [0.05, 0.1) is 5.02 Å². The van der Waals surface area contributed by atoms with Crippen LogP contribution in [0.15, 0.2) is 54.7 Å². The second-order valence-electron chi connectivity index (χ2n) is 5.31. The van der Waals surface area contributed by atoms with E-state index in [0.29, 0.717) is 16.9 Å². The number of nitrogens with zero attached hydrogens (tertiary/aromatic N) is 1. The summed E-state index contributed by atoms with van der Waals surface area (Å²) in [5.41, 5.74) is 1.18. The number of aromatic nitrogens is 1. The molecule has 0 amide bonds. The minimum Gasteiger partial charge on any atom is -0.433 e. The molecule has 3 rings (SSSR count). The molecule has 4 nitrogen and oxygen atoms in total. The minimum atomic E-state index is -0.796. The van der Waals surface area contributed by atoms with Crippen LogP contribution in [0.4, 0.5) is 8.78 Å². The molecular formula is C19H12ClF2NO3. The van der Waals surface area contributed by atoms with Crippen LogP contribution < -0.4 is 9.47 Å². The van der Waals surface area contributed by atoms with E-state index >= 15 is 0 Å². The van der Waals surface area contributed by atoms with Crippen molar-refractivity contribution < 1.29 is 23.0 Å². The highest BCUT2D eigenvalue weighted by Crippen LogP contribution is 2.31. The molecule has 0 fully saturated rings. The Bertz CT molecular complexity index is 979. The molecule has 0 unspecified atom stereocenters. The summed E-state index contributed by atoms with van der Waals surface area (Å²) >= 11 is 5.62. The number of hydrogen-bond donors (Lipinski definition) is 0. The summed E-state index contributed by atoms with van der Waals surface area (Å²) in [6, 6.07) is 11.9. The maximum absolute atomic E-state index is 14.4. The number of halogens is 3. The number of esters is 1. The predicted molar refractivity (Wildman–Crippen MR) is 92.4 cm³/mol. The Balaban J connectivity index is 1.87. The monoisotopic (exact) mass is 375 g/mol. The van der Waals surface area contributed by atoms with Crippen molar-refractivity contribution >= 4 is 17.6 Å². The van der Waals surface area contributed by atoms with Gasteiger partial charge in [-0.05, 0) is 41.5 Å². The first-order chi connectivity index (χ1) is 12.4. The zero-order chi connectivity index (χ0) is 18.7. The van der Waals surface area contributed by atoms with Crippen LogP contribution in [-0.4, -0.2) is 11.0 Å². The number of pyridine rings is 1. The molecule has 0 radical (unpaired) electrons. The zero-order valence-corrected chi connectivity index (χ0v) is 14.3. The lowest BCUT2D eigenvalue weighted by Crippen LogP contribution is -2.01. The maximum atomic E-state index is 14.4. The Hall–Kier alpha value is -2.99. The Kier molecular flexibility index (Phi) is 5.14. The molecule has 0 aliphatic rings. The molecule has 7 heteroatoms. The van der Waals surface area contributed by atoms with Crippen LogP contribution in [0.5, 0.6) is 17.4 Å². The van der Waals surface area contributed by atoms with Gasteiger partial charge in [0.2, 0.25) is 0 Å². The zero-order valence-electron chi connectivity index (χ0n) is 13.5. The third kappa shape index (κ3) is 4.15. The molecule has 0 aliphatic carbocycles. The van der Waals surface area contributed by atoms with E-state index in [0.717, 1.165) is 6.07 Å². The van der Waals surface area contributed by atoms with E-state index in [1.165, 1.54) is 25.3 Å². The van der Waals surface area contributed by atoms with E-state index in [1.54, 1.807) is 30.3 Å². The Morgan fingerprint density at radius 2 is 1.81 bits per heavy atom. The minimum absolute atomic E-state index is 0.110. The predicted octanol–water partition coefficient (Wildman–Crippen LogP) is 5.40. The van der Waals surface area contributed by atoms with Crippen molar-refractivity contribution in [1.82, 2.24) is 4.98 Å². The fraction of sp³-hybridized carbons (Fsp3) is 0.0526. The standard InChI is InChI=1S/C19H12ClF2NO3/c1-11(24)25-15-4-2-3-12(7-15)13-5-6-18(16(21)8-13)26-19-17(22)9-14(20)10-23-19/h2-10H,1H3. The Morgan fingerprint density at radius 1 is 1.04 bits per heavy atom. The molecule has 0 aliphatic heterocycles. The molecule has 26 heavy (non-hydrogen) atoms. The van der Waals surface area contributed by atoms with Crippen molar-refractivity contribution in [3.8, 4) is 28.5 Å². The molecule has 1 heterocycles. The largest absolute Gasteiger partial charge is 0.433 e. The van der Waals surface area contributed by atoms with Crippen LogP contribution in [0.25, 0.3) is 11.1 Å². The molecule has 1 aromatic heterocycles. The summed E-state index contributed by atoms with van der Waals surface area (Å²) in [7, 11) is 0. The van der Waals surface area contributed by atoms with Crippen LogP contribution >= 0.6 is 11.6 Å². The van der Waals surface area contributed by atoms with E-state index in [4.69, 9.17) is 21.1 Å². The molecule has 3 aromatic rings. The lowest BCUT2D eigenvalue weighted by Gasteiger charge is -2.09. The van der Waals surface area contributed by atoms with E-state index < -0.39 is 17.6 Å². The molecule has 0 spiro atoms. The average Bonchev–Trinajstić information content (AvgIpc) is 2.58. The fourth-order valence-corrected chi connectivity index (χ4v) is 2.39. The van der Waals surface area contributed by atoms with Gasteiger partial charge >= 0.3 is 5.97 Å². The van der Waals surface area contributed by atoms with Gasteiger partial charge in [0.1, 0.15) is 5.75 Å². The van der Waals surface area contributed by atoms with E-state index in [-0.39, 0.29) is 16.7 Å². The molecule has 132 valence electrons. The van der Waals surface area contributed by atoms with Gasteiger partial charge in [-0.3, -0.25) is 4.79 Å². The molecule has 0 N–H and O–H groups in total. The number of carbonyl (C=O) groups excluding carboxylic acids is 1. The molecule has 2 aromatic carbocycles. The lowest BCUT2D eigenvalue weighted by molar-refractivity contribution is -0.131. The molecular weight excluding hydrogens is 364 g/mol. The maximum Gasteiger partial charge on any atom is 0.308 e. The number of hydrogen-bond acceptors (Lipinski definition) is 4. The van der Waals surface area contributed by atoms with E-state index in [1.807, 2.05) is 0 Å². The number of rotatable bonds is 4. The summed E-state index contributed by atoms with van der Waals surface area (Å²) in [4.78, 5) is 14.7. The van der Waals surface area contributed by atoms with Crippen molar-refractivity contribution in [2.24, 2.45) is 0 Å². The lowest BCUT2D eigenvalue weighted by atomic mass is 10.1. The molecule has 0 saturated heterocycles. The van der Waals surface area contributed by atoms with Crippen LogP contribution in [0.3, 0.4) is 0 Å². The van der Waals surface area contributed by atoms with Gasteiger partial charge in [-0.25, -0.2) is 13.8 Å². The smallest absolute Gasteiger partial charge is 0.308 e. The number of benzene rings is 2. The van der Waals surface area contributed by atoms with Crippen molar-refractivity contribution in [2.75, 3.05) is 0 Å². The normalized spacial score (nSPS) is 10.5. The van der Waals surface area contributed by atoms with Gasteiger partial charge in [0.15, 0.2) is 17.4 Å². The van der Waals surface area contributed by atoms with E-state index in [2.05, 4.69) is 4.98 Å². The van der Waals surface area contributed by atoms with Crippen molar-refractivity contribution in [2.45, 2.75) is 6.92 Å². The van der Waals surface area contributed by atoms with Crippen LogP contribution in [0, 0.1) is 11.6 Å². The summed E-state index contributed by atoms with van der Waals surface area (Å²) < 4.78 is 38.3. The second-order valence-corrected chi connectivity index (χ2v) is 5.75. The summed E-state index contributed by atoms with van der Waals surface area (Å²) in [5.74, 6) is -2.15. The molecule has 0 atom stereocenters. The van der Waals surface area contributed by atoms with Crippen LogP contribution in [-0.2, 0) is 4.79 Å². The second kappa shape index (κ2) is 7.49. The first-order valence-corrected chi connectivity index (χ1v) is 7.87. The highest BCUT2D eigenvalue weighted by Gasteiger charge is 2.12. The van der Waals surface area contributed by atoms with Gasteiger partial charge in [-0.15, -0.1) is 0 Å². The molecule has 0 saturated carbocycles. The third-order valence-corrected chi connectivity index (χ3v) is 3.55. The van der Waals surface area contributed by atoms with Crippen molar-refractivity contribution in [3.05, 3.63) is 71.4 Å². The summed E-state index contributed by atoms with van der Waals surface area (Å²) in [6.07, 6.45) is 1.20.